The number of carbonyl (C=O) groups excluding carboxylic acids is 1. The first-order valence-electron chi connectivity index (χ1n) is 2.18. The van der Waals surface area contributed by atoms with Crippen molar-refractivity contribution in [2.75, 3.05) is 0 Å². The van der Waals surface area contributed by atoms with E-state index in [-0.39, 0.29) is 5.78 Å². The second kappa shape index (κ2) is 1.73. The highest BCUT2D eigenvalue weighted by molar-refractivity contribution is 5.96. The van der Waals surface area contributed by atoms with Gasteiger partial charge < -0.3 is 0 Å². The summed E-state index contributed by atoms with van der Waals surface area (Å²) in [5.74, 6) is -0.0220. The molecule has 0 bridgehead atoms. The van der Waals surface area contributed by atoms with Crippen LogP contribution in [0.25, 0.3) is 0 Å². The largest absolute Gasteiger partial charge is 0.289 e. The topological polar surface area (TPSA) is 17.1 Å². The van der Waals surface area contributed by atoms with Gasteiger partial charge in [0.2, 0.25) is 0 Å². The van der Waals surface area contributed by atoms with Crippen LogP contribution < -0.4 is 0 Å². The first-order chi connectivity index (χ1) is 3.39. The van der Waals surface area contributed by atoms with Crippen molar-refractivity contribution >= 4 is 5.78 Å². The molecule has 1 rings (SSSR count). The van der Waals surface area contributed by atoms with Crippen molar-refractivity contribution in [1.29, 1.82) is 0 Å². The zero-order valence-electron chi connectivity index (χ0n) is 3.85. The Hall–Kier alpha value is -0.850. The summed E-state index contributed by atoms with van der Waals surface area (Å²) >= 11 is 0. The molecule has 0 N–H and O–H groups in total. The van der Waals surface area contributed by atoms with Crippen LogP contribution in [0.4, 0.5) is 0 Å². The standard InChI is InChI=1S/C6H5O/c7-6-4-2-1-3-5-6/h2-4H,1H2. The van der Waals surface area contributed by atoms with Crippen LogP contribution >= 0.6 is 0 Å². The van der Waals surface area contributed by atoms with Gasteiger partial charge in [-0.25, -0.2) is 0 Å². The molecule has 0 heterocycles. The van der Waals surface area contributed by atoms with Crippen LogP contribution in [-0.4, -0.2) is 5.78 Å². The average Bonchev–Trinajstić information content (AvgIpc) is 1.69. The zero-order chi connectivity index (χ0) is 5.11. The molecule has 0 spiro atoms. The molecular formula is C6H5O. The average molecular weight is 93.1 g/mol. The van der Waals surface area contributed by atoms with E-state index in [9.17, 15) is 4.79 Å². The van der Waals surface area contributed by atoms with Crippen LogP contribution in [0.3, 0.4) is 0 Å². The summed E-state index contributed by atoms with van der Waals surface area (Å²) in [6.07, 6.45) is 8.45. The van der Waals surface area contributed by atoms with E-state index in [4.69, 9.17) is 0 Å². The van der Waals surface area contributed by atoms with Crippen molar-refractivity contribution in [2.24, 2.45) is 0 Å². The van der Waals surface area contributed by atoms with Gasteiger partial charge in [-0.05, 0) is 12.5 Å². The van der Waals surface area contributed by atoms with Crippen LogP contribution in [0.15, 0.2) is 18.2 Å². The molecule has 0 aliphatic heterocycles. The van der Waals surface area contributed by atoms with Gasteiger partial charge in [0.25, 0.3) is 0 Å². The Morgan fingerprint density at radius 1 is 1.71 bits per heavy atom. The van der Waals surface area contributed by atoms with Crippen LogP contribution in [-0.2, 0) is 4.79 Å². The van der Waals surface area contributed by atoms with Gasteiger partial charge in [0.15, 0.2) is 5.78 Å². The molecule has 0 saturated carbocycles. The van der Waals surface area contributed by atoms with Crippen molar-refractivity contribution in [2.45, 2.75) is 6.42 Å². The molecule has 35 valence electrons. The van der Waals surface area contributed by atoms with Gasteiger partial charge in [0.1, 0.15) is 0 Å². The highest BCUT2D eigenvalue weighted by Gasteiger charge is 1.90. The molecule has 1 heteroatoms. The van der Waals surface area contributed by atoms with Crippen LogP contribution in [0, 0.1) is 6.08 Å². The Balaban J connectivity index is 2.66. The fourth-order valence-corrected chi connectivity index (χ4v) is 0.451. The Morgan fingerprint density at radius 3 is 2.86 bits per heavy atom. The Kier molecular flexibility index (Phi) is 1.07. The van der Waals surface area contributed by atoms with Crippen LogP contribution in [0.2, 0.25) is 0 Å². The molecule has 0 aromatic heterocycles. The Morgan fingerprint density at radius 2 is 2.57 bits per heavy atom. The second-order valence-electron chi connectivity index (χ2n) is 1.35. The van der Waals surface area contributed by atoms with Crippen LogP contribution in [0.5, 0.6) is 0 Å². The number of ketones is 1. The van der Waals surface area contributed by atoms with Crippen molar-refractivity contribution < 1.29 is 4.79 Å². The van der Waals surface area contributed by atoms with E-state index in [0.717, 1.165) is 6.42 Å². The summed E-state index contributed by atoms with van der Waals surface area (Å²) in [5, 5.41) is 0. The molecular weight excluding hydrogens is 88.1 g/mol. The minimum atomic E-state index is -0.0220. The highest BCUT2D eigenvalue weighted by Crippen LogP contribution is 1.92. The first kappa shape index (κ1) is 4.31. The summed E-state index contributed by atoms with van der Waals surface area (Å²) in [5.41, 5.74) is 0. The number of carbonyl (C=O) groups is 1. The van der Waals surface area contributed by atoms with Gasteiger partial charge >= 0.3 is 0 Å². The van der Waals surface area contributed by atoms with Crippen molar-refractivity contribution in [3.63, 3.8) is 0 Å². The lowest BCUT2D eigenvalue weighted by atomic mass is 10.2. The predicted molar refractivity (Wildman–Crippen MR) is 26.6 cm³/mol. The van der Waals surface area contributed by atoms with Crippen molar-refractivity contribution in [1.82, 2.24) is 0 Å². The van der Waals surface area contributed by atoms with E-state index in [1.54, 1.807) is 6.08 Å². The molecule has 0 aromatic carbocycles. The molecule has 1 radical (unpaired) electrons. The predicted octanol–water partition coefficient (Wildman–Crippen LogP) is 0.875. The maximum absolute atomic E-state index is 10.2. The summed E-state index contributed by atoms with van der Waals surface area (Å²) in [7, 11) is 0. The van der Waals surface area contributed by atoms with Gasteiger partial charge in [-0.2, -0.15) is 0 Å². The molecule has 0 fully saturated rings. The lowest BCUT2D eigenvalue weighted by molar-refractivity contribution is -0.111. The molecule has 1 aliphatic rings. The van der Waals surface area contributed by atoms with E-state index in [1.165, 1.54) is 6.08 Å². The Bertz CT molecular complexity index is 117. The normalized spacial score (nSPS) is 18.0. The van der Waals surface area contributed by atoms with Crippen molar-refractivity contribution in [3.8, 4) is 0 Å². The summed E-state index contributed by atoms with van der Waals surface area (Å²) in [4.78, 5) is 10.2. The molecule has 0 unspecified atom stereocenters. The molecule has 0 aromatic rings. The van der Waals surface area contributed by atoms with Crippen LogP contribution in [0.1, 0.15) is 6.42 Å². The van der Waals surface area contributed by atoms with Gasteiger partial charge in [0, 0.05) is 6.08 Å². The number of hydrogen-bond donors (Lipinski definition) is 0. The lowest BCUT2D eigenvalue weighted by Gasteiger charge is -1.86. The molecule has 0 amide bonds. The maximum atomic E-state index is 10.2. The molecule has 1 aliphatic carbocycles. The quantitative estimate of drug-likeness (QED) is 0.434. The summed E-state index contributed by atoms with van der Waals surface area (Å²) < 4.78 is 0. The first-order valence-corrected chi connectivity index (χ1v) is 2.18. The highest BCUT2D eigenvalue weighted by atomic mass is 16.1. The molecule has 0 saturated heterocycles. The fourth-order valence-electron chi connectivity index (χ4n) is 0.451. The van der Waals surface area contributed by atoms with Crippen molar-refractivity contribution in [3.05, 3.63) is 24.3 Å². The van der Waals surface area contributed by atoms with Gasteiger partial charge in [-0.15, -0.1) is 0 Å². The summed E-state index contributed by atoms with van der Waals surface area (Å²) in [6, 6.07) is 0. The third-order valence-corrected chi connectivity index (χ3v) is 0.767. The maximum Gasteiger partial charge on any atom is 0.185 e. The molecule has 0 atom stereocenters. The third kappa shape index (κ3) is 1.000. The van der Waals surface area contributed by atoms with E-state index in [2.05, 4.69) is 6.08 Å². The molecule has 1 nitrogen and oxygen atoms in total. The Labute approximate surface area is 42.3 Å². The third-order valence-electron chi connectivity index (χ3n) is 0.767. The van der Waals surface area contributed by atoms with E-state index in [0.29, 0.717) is 0 Å². The zero-order valence-corrected chi connectivity index (χ0v) is 3.85. The van der Waals surface area contributed by atoms with E-state index < -0.39 is 0 Å². The van der Waals surface area contributed by atoms with Gasteiger partial charge in [-0.3, -0.25) is 4.79 Å². The van der Waals surface area contributed by atoms with E-state index in [1.807, 2.05) is 6.08 Å². The van der Waals surface area contributed by atoms with Gasteiger partial charge in [0.05, 0.1) is 0 Å². The summed E-state index contributed by atoms with van der Waals surface area (Å²) in [6.45, 7) is 0. The SMILES string of the molecule is O=C1[C]=CCC=C1. The van der Waals surface area contributed by atoms with Gasteiger partial charge in [-0.1, -0.05) is 12.2 Å². The lowest BCUT2D eigenvalue weighted by Crippen LogP contribution is -1.88. The van der Waals surface area contributed by atoms with E-state index >= 15 is 0 Å². The fraction of sp³-hybridized carbons (Fsp3) is 0.167. The second-order valence-corrected chi connectivity index (χ2v) is 1.35. The number of rotatable bonds is 0. The number of allylic oxidation sites excluding steroid dienone is 4. The monoisotopic (exact) mass is 93.0 g/mol. The minimum absolute atomic E-state index is 0.0220. The molecule has 7 heavy (non-hydrogen) atoms. The smallest absolute Gasteiger partial charge is 0.185 e. The number of hydrogen-bond acceptors (Lipinski definition) is 1. The minimum Gasteiger partial charge on any atom is -0.289 e.